The summed E-state index contributed by atoms with van der Waals surface area (Å²) in [6.45, 7) is 4.54. The van der Waals surface area contributed by atoms with Crippen LogP contribution in [0.2, 0.25) is 0 Å². The van der Waals surface area contributed by atoms with E-state index in [4.69, 9.17) is 14.7 Å². The standard InChI is InChI=1S/C23H27FN4O2.HI/c1-4-26-23(27-14-19-9-16(13-25)5-6-22(19)24)28-8-7-17(15-28)18-10-20(29-2)12-21(11-18)30-3;/h5-6,9-12,17H,4,7-8,14-15H2,1-3H3,(H,26,27);1H. The highest BCUT2D eigenvalue weighted by molar-refractivity contribution is 14.0. The number of hydrogen-bond donors (Lipinski definition) is 1. The van der Waals surface area contributed by atoms with Crippen molar-refractivity contribution in [2.45, 2.75) is 25.8 Å². The Bertz CT molecular complexity index is 939. The molecule has 6 nitrogen and oxygen atoms in total. The zero-order chi connectivity index (χ0) is 21.5. The van der Waals surface area contributed by atoms with Crippen molar-refractivity contribution >= 4 is 29.9 Å². The Morgan fingerprint density at radius 1 is 1.23 bits per heavy atom. The maximum Gasteiger partial charge on any atom is 0.194 e. The Labute approximate surface area is 200 Å². The van der Waals surface area contributed by atoms with Gasteiger partial charge in [-0.25, -0.2) is 9.38 Å². The third-order valence-corrected chi connectivity index (χ3v) is 5.24. The van der Waals surface area contributed by atoms with E-state index in [9.17, 15) is 4.39 Å². The molecule has 0 saturated carbocycles. The largest absolute Gasteiger partial charge is 0.497 e. The van der Waals surface area contributed by atoms with Crippen molar-refractivity contribution in [3.8, 4) is 17.6 Å². The Kier molecular flexibility index (Phi) is 9.37. The molecule has 0 amide bonds. The summed E-state index contributed by atoms with van der Waals surface area (Å²) < 4.78 is 24.9. The molecule has 0 bridgehead atoms. The van der Waals surface area contributed by atoms with Gasteiger partial charge in [0.15, 0.2) is 5.96 Å². The number of benzene rings is 2. The van der Waals surface area contributed by atoms with Crippen molar-refractivity contribution < 1.29 is 13.9 Å². The molecule has 1 N–H and O–H groups in total. The Morgan fingerprint density at radius 3 is 2.55 bits per heavy atom. The van der Waals surface area contributed by atoms with Gasteiger partial charge in [-0.15, -0.1) is 24.0 Å². The average molecular weight is 538 g/mol. The fraction of sp³-hybridized carbons (Fsp3) is 0.391. The number of nitrogens with one attached hydrogen (secondary N) is 1. The van der Waals surface area contributed by atoms with Crippen LogP contribution >= 0.6 is 24.0 Å². The first-order valence-electron chi connectivity index (χ1n) is 10.0. The highest BCUT2D eigenvalue weighted by atomic mass is 127. The zero-order valence-corrected chi connectivity index (χ0v) is 20.4. The van der Waals surface area contributed by atoms with E-state index in [1.54, 1.807) is 20.3 Å². The lowest BCUT2D eigenvalue weighted by molar-refractivity contribution is 0.392. The summed E-state index contributed by atoms with van der Waals surface area (Å²) in [7, 11) is 3.30. The fourth-order valence-electron chi connectivity index (χ4n) is 3.64. The van der Waals surface area contributed by atoms with E-state index >= 15 is 0 Å². The molecule has 0 aromatic heterocycles. The molecule has 2 aromatic rings. The lowest BCUT2D eigenvalue weighted by Gasteiger charge is -2.22. The minimum Gasteiger partial charge on any atom is -0.497 e. The van der Waals surface area contributed by atoms with Gasteiger partial charge in [0.25, 0.3) is 0 Å². The molecule has 1 saturated heterocycles. The van der Waals surface area contributed by atoms with E-state index < -0.39 is 0 Å². The number of methoxy groups -OCH3 is 2. The molecule has 1 unspecified atom stereocenters. The van der Waals surface area contributed by atoms with Crippen LogP contribution in [0.25, 0.3) is 0 Å². The molecule has 31 heavy (non-hydrogen) atoms. The summed E-state index contributed by atoms with van der Waals surface area (Å²) in [6, 6.07) is 12.3. The number of likely N-dealkylation sites (tertiary alicyclic amines) is 1. The summed E-state index contributed by atoms with van der Waals surface area (Å²) in [4.78, 5) is 6.82. The maximum atomic E-state index is 14.1. The maximum absolute atomic E-state index is 14.1. The second-order valence-corrected chi connectivity index (χ2v) is 7.17. The number of rotatable bonds is 6. The van der Waals surface area contributed by atoms with Gasteiger partial charge >= 0.3 is 0 Å². The fourth-order valence-corrected chi connectivity index (χ4v) is 3.64. The lowest BCUT2D eigenvalue weighted by Crippen LogP contribution is -2.40. The normalized spacial score (nSPS) is 15.8. The van der Waals surface area contributed by atoms with Gasteiger partial charge in [0.1, 0.15) is 17.3 Å². The van der Waals surface area contributed by atoms with E-state index in [2.05, 4.69) is 15.2 Å². The van der Waals surface area contributed by atoms with Crippen molar-refractivity contribution in [1.82, 2.24) is 10.2 Å². The Morgan fingerprint density at radius 2 is 1.94 bits per heavy atom. The summed E-state index contributed by atoms with van der Waals surface area (Å²) >= 11 is 0. The third kappa shape index (κ3) is 6.23. The molecule has 1 fully saturated rings. The van der Waals surface area contributed by atoms with E-state index in [0.29, 0.717) is 23.6 Å². The molecule has 1 atom stereocenters. The minimum absolute atomic E-state index is 0. The van der Waals surface area contributed by atoms with Crippen molar-refractivity contribution in [1.29, 1.82) is 5.26 Å². The van der Waals surface area contributed by atoms with Crippen LogP contribution in [-0.4, -0.2) is 44.7 Å². The molecule has 8 heteroatoms. The number of guanidine groups is 1. The van der Waals surface area contributed by atoms with Crippen molar-refractivity contribution in [2.75, 3.05) is 33.9 Å². The summed E-state index contributed by atoms with van der Waals surface area (Å²) in [6.07, 6.45) is 0.971. The summed E-state index contributed by atoms with van der Waals surface area (Å²) in [5, 5.41) is 12.4. The van der Waals surface area contributed by atoms with Crippen LogP contribution < -0.4 is 14.8 Å². The molecule has 3 rings (SSSR count). The lowest BCUT2D eigenvalue weighted by atomic mass is 9.98. The molecule has 1 heterocycles. The number of hydrogen-bond acceptors (Lipinski definition) is 4. The van der Waals surface area contributed by atoms with Crippen LogP contribution in [0.3, 0.4) is 0 Å². The minimum atomic E-state index is -0.351. The van der Waals surface area contributed by atoms with E-state index in [1.165, 1.54) is 12.1 Å². The average Bonchev–Trinajstić information content (AvgIpc) is 3.27. The number of halogens is 2. The third-order valence-electron chi connectivity index (χ3n) is 5.24. The zero-order valence-electron chi connectivity index (χ0n) is 18.0. The van der Waals surface area contributed by atoms with Crippen LogP contribution in [0.4, 0.5) is 4.39 Å². The van der Waals surface area contributed by atoms with Gasteiger partial charge in [0, 0.05) is 37.2 Å². The quantitative estimate of drug-likeness (QED) is 0.338. The van der Waals surface area contributed by atoms with Crippen LogP contribution in [0, 0.1) is 17.1 Å². The van der Waals surface area contributed by atoms with Crippen LogP contribution in [0.5, 0.6) is 11.5 Å². The summed E-state index contributed by atoms with van der Waals surface area (Å²) in [5.74, 6) is 2.26. The van der Waals surface area contributed by atoms with E-state index in [1.807, 2.05) is 31.2 Å². The number of nitrogens with zero attached hydrogens (tertiary/aromatic N) is 3. The molecule has 0 spiro atoms. The van der Waals surface area contributed by atoms with Crippen molar-refractivity contribution in [3.05, 3.63) is 58.9 Å². The number of nitriles is 1. The first-order valence-corrected chi connectivity index (χ1v) is 10.0. The van der Waals surface area contributed by atoms with Crippen molar-refractivity contribution in [3.63, 3.8) is 0 Å². The summed E-state index contributed by atoms with van der Waals surface area (Å²) in [5.41, 5.74) is 2.01. The monoisotopic (exact) mass is 538 g/mol. The van der Waals surface area contributed by atoms with Crippen LogP contribution in [0.15, 0.2) is 41.4 Å². The second-order valence-electron chi connectivity index (χ2n) is 7.17. The van der Waals surface area contributed by atoms with Crippen LogP contribution in [0.1, 0.15) is 36.0 Å². The van der Waals surface area contributed by atoms with Gasteiger partial charge in [0.05, 0.1) is 32.4 Å². The molecule has 0 aliphatic carbocycles. The number of ether oxygens (including phenoxy) is 2. The molecule has 166 valence electrons. The Hall–Kier alpha value is -2.54. The van der Waals surface area contributed by atoms with Gasteiger partial charge in [-0.3, -0.25) is 0 Å². The molecular weight excluding hydrogens is 510 g/mol. The highest BCUT2D eigenvalue weighted by Crippen LogP contribution is 2.33. The van der Waals surface area contributed by atoms with Gasteiger partial charge < -0.3 is 19.7 Å². The van der Waals surface area contributed by atoms with Gasteiger partial charge in [-0.1, -0.05) is 0 Å². The smallest absolute Gasteiger partial charge is 0.194 e. The first-order chi connectivity index (χ1) is 14.6. The van der Waals surface area contributed by atoms with Crippen molar-refractivity contribution in [2.24, 2.45) is 4.99 Å². The first kappa shape index (κ1) is 24.7. The van der Waals surface area contributed by atoms with Gasteiger partial charge in [0.2, 0.25) is 0 Å². The molecule has 2 aromatic carbocycles. The molecule has 0 radical (unpaired) electrons. The topological polar surface area (TPSA) is 69.9 Å². The number of aliphatic imine (C=N–C) groups is 1. The molecule has 1 aliphatic heterocycles. The molecule has 1 aliphatic rings. The predicted molar refractivity (Wildman–Crippen MR) is 130 cm³/mol. The SMILES string of the molecule is CCNC(=NCc1cc(C#N)ccc1F)N1CCC(c2cc(OC)cc(OC)c2)C1.I. The molecular formula is C23H28FIN4O2. The Balaban J connectivity index is 0.00000341. The van der Waals surface area contributed by atoms with Gasteiger partial charge in [-0.05, 0) is 49.2 Å². The second kappa shape index (κ2) is 11.7. The van der Waals surface area contributed by atoms with E-state index in [0.717, 1.165) is 42.5 Å². The van der Waals surface area contributed by atoms with Crippen LogP contribution in [-0.2, 0) is 6.54 Å². The van der Waals surface area contributed by atoms with E-state index in [-0.39, 0.29) is 36.3 Å². The van der Waals surface area contributed by atoms with Gasteiger partial charge in [-0.2, -0.15) is 5.26 Å². The highest BCUT2D eigenvalue weighted by Gasteiger charge is 2.27. The predicted octanol–water partition coefficient (Wildman–Crippen LogP) is 4.29.